The number of hydrogen-bond donors (Lipinski definition) is 2. The third kappa shape index (κ3) is 5.53. The average molecular weight is 478 g/mol. The summed E-state index contributed by atoms with van der Waals surface area (Å²) in [6.07, 6.45) is 2.47. The SMILES string of the molecule is CCn1c(=O)[nH]c(=O)c2c(C(=O)NCc3cccc(CN4CCC(C)CC4)c3)cc(C(C)C)nc21. The van der Waals surface area contributed by atoms with Gasteiger partial charge in [0.2, 0.25) is 0 Å². The standard InChI is InChI=1S/C27H35N5O3/c1-5-32-24-23(26(34)30-27(32)35)21(14-22(29-24)17(2)3)25(33)28-15-19-7-6-8-20(13-19)16-31-11-9-18(4)10-12-31/h6-8,13-14,17-18H,5,9-12,15-16H2,1-4H3,(H,28,33)(H,30,34,35). The van der Waals surface area contributed by atoms with Gasteiger partial charge in [0.1, 0.15) is 0 Å². The lowest BCUT2D eigenvalue weighted by atomic mass is 9.98. The molecule has 1 amide bonds. The third-order valence-electron chi connectivity index (χ3n) is 6.85. The molecule has 35 heavy (non-hydrogen) atoms. The zero-order valence-electron chi connectivity index (χ0n) is 21.1. The zero-order chi connectivity index (χ0) is 25.1. The Kier molecular flexibility index (Phi) is 7.50. The van der Waals surface area contributed by atoms with E-state index in [4.69, 9.17) is 0 Å². The fourth-order valence-corrected chi connectivity index (χ4v) is 4.66. The van der Waals surface area contributed by atoms with E-state index in [9.17, 15) is 14.4 Å². The summed E-state index contributed by atoms with van der Waals surface area (Å²) in [5.41, 5.74) is 2.25. The van der Waals surface area contributed by atoms with Gasteiger partial charge in [0.25, 0.3) is 11.5 Å². The van der Waals surface area contributed by atoms with Crippen molar-refractivity contribution in [1.82, 2.24) is 24.8 Å². The Labute approximate surface area is 205 Å². The first-order chi connectivity index (χ1) is 16.8. The number of likely N-dealkylation sites (tertiary alicyclic amines) is 1. The fourth-order valence-electron chi connectivity index (χ4n) is 4.66. The first kappa shape index (κ1) is 24.9. The third-order valence-corrected chi connectivity index (χ3v) is 6.85. The number of amides is 1. The molecular weight excluding hydrogens is 442 g/mol. The molecule has 0 atom stereocenters. The van der Waals surface area contributed by atoms with Gasteiger partial charge in [-0.15, -0.1) is 0 Å². The maximum atomic E-state index is 13.3. The number of hydrogen-bond acceptors (Lipinski definition) is 5. The summed E-state index contributed by atoms with van der Waals surface area (Å²) < 4.78 is 1.39. The highest BCUT2D eigenvalue weighted by atomic mass is 16.2. The fraction of sp³-hybridized carbons (Fsp3) is 0.481. The van der Waals surface area contributed by atoms with Crippen molar-refractivity contribution in [3.05, 3.63) is 73.6 Å². The van der Waals surface area contributed by atoms with Crippen LogP contribution in [0.25, 0.3) is 11.0 Å². The van der Waals surface area contributed by atoms with Crippen LogP contribution >= 0.6 is 0 Å². The molecule has 0 saturated carbocycles. The Hall–Kier alpha value is -3.26. The molecule has 2 aromatic heterocycles. The van der Waals surface area contributed by atoms with Crippen LogP contribution in [0, 0.1) is 5.92 Å². The smallest absolute Gasteiger partial charge is 0.329 e. The predicted molar refractivity (Wildman–Crippen MR) is 138 cm³/mol. The number of carbonyl (C=O) groups excluding carboxylic acids is 1. The van der Waals surface area contributed by atoms with Crippen LogP contribution in [0.4, 0.5) is 0 Å². The number of rotatable bonds is 7. The monoisotopic (exact) mass is 477 g/mol. The minimum atomic E-state index is -0.597. The van der Waals surface area contributed by atoms with Gasteiger partial charge in [0, 0.05) is 25.3 Å². The lowest BCUT2D eigenvalue weighted by molar-refractivity contribution is 0.0952. The second kappa shape index (κ2) is 10.6. The van der Waals surface area contributed by atoms with Gasteiger partial charge in [-0.25, -0.2) is 9.78 Å². The van der Waals surface area contributed by atoms with E-state index in [1.807, 2.05) is 26.0 Å². The van der Waals surface area contributed by atoms with E-state index in [-0.39, 0.29) is 28.4 Å². The summed E-state index contributed by atoms with van der Waals surface area (Å²) in [6, 6.07) is 9.93. The van der Waals surface area contributed by atoms with Crippen molar-refractivity contribution in [2.45, 2.75) is 66.1 Å². The summed E-state index contributed by atoms with van der Waals surface area (Å²) >= 11 is 0. The van der Waals surface area contributed by atoms with Crippen molar-refractivity contribution < 1.29 is 4.79 Å². The number of benzene rings is 1. The molecule has 0 unspecified atom stereocenters. The van der Waals surface area contributed by atoms with Crippen molar-refractivity contribution in [1.29, 1.82) is 0 Å². The summed E-state index contributed by atoms with van der Waals surface area (Å²) in [6.45, 7) is 11.9. The number of H-pyrrole nitrogens is 1. The number of carbonyl (C=O) groups is 1. The van der Waals surface area contributed by atoms with E-state index < -0.39 is 11.2 Å². The number of aryl methyl sites for hydroxylation is 1. The van der Waals surface area contributed by atoms with Gasteiger partial charge >= 0.3 is 5.69 Å². The minimum Gasteiger partial charge on any atom is -0.348 e. The summed E-state index contributed by atoms with van der Waals surface area (Å²) in [4.78, 5) is 47.7. The van der Waals surface area contributed by atoms with Gasteiger partial charge in [-0.3, -0.25) is 24.0 Å². The number of nitrogens with zero attached hydrogens (tertiary/aromatic N) is 3. The van der Waals surface area contributed by atoms with E-state index in [1.165, 1.54) is 23.0 Å². The van der Waals surface area contributed by atoms with Gasteiger partial charge < -0.3 is 5.32 Å². The Morgan fingerprint density at radius 1 is 1.17 bits per heavy atom. The molecule has 1 fully saturated rings. The number of aromatic amines is 1. The van der Waals surface area contributed by atoms with Crippen LogP contribution in [0.15, 0.2) is 39.9 Å². The number of pyridine rings is 1. The molecule has 1 aliphatic heterocycles. The second-order valence-electron chi connectivity index (χ2n) is 9.91. The molecule has 3 aromatic rings. The lowest BCUT2D eigenvalue weighted by Gasteiger charge is -2.30. The number of nitrogens with one attached hydrogen (secondary N) is 2. The molecular formula is C27H35N5O3. The molecule has 0 radical (unpaired) electrons. The van der Waals surface area contributed by atoms with Crippen molar-refractivity contribution in [2.75, 3.05) is 13.1 Å². The highest BCUT2D eigenvalue weighted by molar-refractivity contribution is 6.05. The highest BCUT2D eigenvalue weighted by Crippen LogP contribution is 2.21. The topological polar surface area (TPSA) is 100 Å². The Balaban J connectivity index is 1.58. The van der Waals surface area contributed by atoms with Crippen LogP contribution in [0.1, 0.15) is 73.6 Å². The average Bonchev–Trinajstić information content (AvgIpc) is 2.83. The molecule has 1 aromatic carbocycles. The van der Waals surface area contributed by atoms with Crippen molar-refractivity contribution in [2.24, 2.45) is 5.92 Å². The van der Waals surface area contributed by atoms with E-state index in [2.05, 4.69) is 39.2 Å². The van der Waals surface area contributed by atoms with Gasteiger partial charge in [0.15, 0.2) is 5.65 Å². The van der Waals surface area contributed by atoms with Gasteiger partial charge in [0.05, 0.1) is 10.9 Å². The van der Waals surface area contributed by atoms with Gasteiger partial charge in [-0.05, 0) is 61.9 Å². The van der Waals surface area contributed by atoms with Crippen LogP contribution < -0.4 is 16.6 Å². The lowest BCUT2D eigenvalue weighted by Crippen LogP contribution is -2.33. The van der Waals surface area contributed by atoms with Crippen LogP contribution in [-0.2, 0) is 19.6 Å². The number of aromatic nitrogens is 3. The molecule has 8 heteroatoms. The van der Waals surface area contributed by atoms with Gasteiger partial charge in [-0.2, -0.15) is 0 Å². The molecule has 0 bridgehead atoms. The quantitative estimate of drug-likeness (QED) is 0.543. The van der Waals surface area contributed by atoms with Crippen LogP contribution in [-0.4, -0.2) is 38.4 Å². The second-order valence-corrected chi connectivity index (χ2v) is 9.91. The normalized spacial score (nSPS) is 15.1. The molecule has 8 nitrogen and oxygen atoms in total. The van der Waals surface area contributed by atoms with E-state index >= 15 is 0 Å². The number of fused-ring (bicyclic) bond motifs is 1. The van der Waals surface area contributed by atoms with Crippen molar-refractivity contribution >= 4 is 16.9 Å². The first-order valence-corrected chi connectivity index (χ1v) is 12.5. The molecule has 0 spiro atoms. The van der Waals surface area contributed by atoms with E-state index in [0.29, 0.717) is 18.8 Å². The predicted octanol–water partition coefficient (Wildman–Crippen LogP) is 3.39. The minimum absolute atomic E-state index is 0.0279. The highest BCUT2D eigenvalue weighted by Gasteiger charge is 2.20. The first-order valence-electron chi connectivity index (χ1n) is 12.5. The van der Waals surface area contributed by atoms with Crippen molar-refractivity contribution in [3.8, 4) is 0 Å². The van der Waals surface area contributed by atoms with E-state index in [0.717, 1.165) is 31.1 Å². The maximum Gasteiger partial charge on any atom is 0.329 e. The Bertz CT molecular complexity index is 1330. The Morgan fingerprint density at radius 3 is 2.57 bits per heavy atom. The summed E-state index contributed by atoms with van der Waals surface area (Å²) in [7, 11) is 0. The molecule has 186 valence electrons. The summed E-state index contributed by atoms with van der Waals surface area (Å²) in [5.74, 6) is 0.467. The molecule has 3 heterocycles. The van der Waals surface area contributed by atoms with Gasteiger partial charge in [-0.1, -0.05) is 45.0 Å². The molecule has 1 saturated heterocycles. The number of piperidine rings is 1. The molecule has 2 N–H and O–H groups in total. The van der Waals surface area contributed by atoms with Crippen LogP contribution in [0.2, 0.25) is 0 Å². The summed E-state index contributed by atoms with van der Waals surface area (Å²) in [5, 5.41) is 3.11. The molecule has 1 aliphatic rings. The largest absolute Gasteiger partial charge is 0.348 e. The van der Waals surface area contributed by atoms with Crippen LogP contribution in [0.5, 0.6) is 0 Å². The van der Waals surface area contributed by atoms with E-state index in [1.54, 1.807) is 13.0 Å². The molecule has 0 aliphatic carbocycles. The van der Waals surface area contributed by atoms with Crippen molar-refractivity contribution in [3.63, 3.8) is 0 Å². The molecule has 4 rings (SSSR count). The zero-order valence-corrected chi connectivity index (χ0v) is 21.1. The Morgan fingerprint density at radius 2 is 1.89 bits per heavy atom. The van der Waals surface area contributed by atoms with Crippen LogP contribution in [0.3, 0.4) is 0 Å². The maximum absolute atomic E-state index is 13.3.